The summed E-state index contributed by atoms with van der Waals surface area (Å²) in [6.45, 7) is -0.00310. The van der Waals surface area contributed by atoms with Gasteiger partial charge in [-0.3, -0.25) is 14.4 Å². The molecule has 16 heteroatoms. The number of rotatable bonds is 17. The zero-order chi connectivity index (χ0) is 45.4. The average Bonchev–Trinajstić information content (AvgIpc) is 3.26. The lowest BCUT2D eigenvalue weighted by molar-refractivity contribution is -0.118. The molecule has 8 rings (SSSR count). The summed E-state index contributed by atoms with van der Waals surface area (Å²) in [6.07, 6.45) is 1.70. The van der Waals surface area contributed by atoms with E-state index in [9.17, 15) is 39.3 Å². The number of fused-ring (bicyclic) bond motifs is 1. The molecule has 4 aromatic rings. The maximum Gasteiger partial charge on any atom is 0.335 e. The molecule has 0 aliphatic heterocycles. The number of nitrogens with one attached hydrogen (secondary N) is 4. The minimum absolute atomic E-state index is 0.0462. The number of aromatic carboxylic acids is 2. The maximum atomic E-state index is 14.2. The summed E-state index contributed by atoms with van der Waals surface area (Å²) in [5, 5.41) is 76.7. The van der Waals surface area contributed by atoms with Crippen molar-refractivity contribution in [3.8, 4) is 0 Å². The molecule has 0 radical (unpaired) electrons. The van der Waals surface area contributed by atoms with Crippen LogP contribution in [0.4, 0.5) is 5.69 Å². The topological polar surface area (TPSA) is 275 Å². The van der Waals surface area contributed by atoms with E-state index in [1.807, 2.05) is 30.3 Å². The predicted octanol–water partition coefficient (Wildman–Crippen LogP) is 2.80. The van der Waals surface area contributed by atoms with Crippen molar-refractivity contribution >= 4 is 46.1 Å². The summed E-state index contributed by atoms with van der Waals surface area (Å²) in [5.74, 6) is -2.18. The van der Waals surface area contributed by atoms with Crippen molar-refractivity contribution in [2.75, 3.05) is 32.1 Å². The number of likely N-dealkylation sites (N-methyl/N-ethyl adjacent to an activating group) is 1. The molecule has 16 nitrogen and oxygen atoms in total. The van der Waals surface area contributed by atoms with Crippen LogP contribution in [0.1, 0.15) is 85.5 Å². The Morgan fingerprint density at radius 1 is 0.683 bits per heavy atom. The normalized spacial score (nSPS) is 22.1. The molecular weight excluding hydrogens is 813 g/mol. The number of amides is 3. The minimum Gasteiger partial charge on any atom is -0.478 e. The monoisotopic (exact) mass is 868 g/mol. The van der Waals surface area contributed by atoms with Gasteiger partial charge in [0.15, 0.2) is 0 Å². The van der Waals surface area contributed by atoms with Crippen molar-refractivity contribution in [2.45, 2.75) is 75.4 Å². The third kappa shape index (κ3) is 11.6. The Hall–Kier alpha value is -5.75. The molecule has 0 saturated heterocycles. The average molecular weight is 869 g/mol. The van der Waals surface area contributed by atoms with Crippen molar-refractivity contribution in [3.63, 3.8) is 0 Å². The van der Waals surface area contributed by atoms with E-state index >= 15 is 0 Å². The maximum absolute atomic E-state index is 14.2. The van der Waals surface area contributed by atoms with Gasteiger partial charge in [0.05, 0.1) is 35.0 Å². The van der Waals surface area contributed by atoms with Crippen LogP contribution in [-0.2, 0) is 11.2 Å². The molecule has 4 fully saturated rings. The second kappa shape index (κ2) is 20.6. The Labute approximate surface area is 364 Å². The van der Waals surface area contributed by atoms with Gasteiger partial charge in [0.1, 0.15) is 24.4 Å². The minimum atomic E-state index is -1.55. The molecule has 63 heavy (non-hydrogen) atoms. The first-order valence-electron chi connectivity index (χ1n) is 21.1. The molecule has 4 bridgehead atoms. The van der Waals surface area contributed by atoms with Crippen LogP contribution >= 0.6 is 0 Å². The number of aliphatic hydroxyl groups is 5. The molecule has 0 spiro atoms. The fourth-order valence-corrected chi connectivity index (χ4v) is 9.85. The lowest BCUT2D eigenvalue weighted by atomic mass is 9.49. The Morgan fingerprint density at radius 3 is 1.70 bits per heavy atom. The largest absolute Gasteiger partial charge is 0.478 e. The predicted molar refractivity (Wildman–Crippen MR) is 232 cm³/mol. The van der Waals surface area contributed by atoms with Crippen molar-refractivity contribution in [1.29, 1.82) is 0 Å². The SMILES string of the molecule is CNC[C@H](O)[C@@H](O)[C@H](O)[C@H](O)CO.O=C(O)c1cc(NC(=O)[C@H](Cc2ccccc2)NC(=O)c2cc3ccccc3cc2C(=O)NCC23CC4CC(CC(C4)C2)C3)cc(C(=O)O)c1. The molecule has 0 aromatic heterocycles. The molecule has 4 aromatic carbocycles. The molecule has 4 saturated carbocycles. The van der Waals surface area contributed by atoms with Crippen molar-refractivity contribution in [2.24, 2.45) is 23.2 Å². The quantitative estimate of drug-likeness (QED) is 0.0730. The zero-order valence-electron chi connectivity index (χ0n) is 34.9. The third-order valence-corrected chi connectivity index (χ3v) is 12.5. The van der Waals surface area contributed by atoms with E-state index in [1.54, 1.807) is 43.4 Å². The van der Waals surface area contributed by atoms with Gasteiger partial charge in [-0.25, -0.2) is 9.59 Å². The summed E-state index contributed by atoms with van der Waals surface area (Å²) in [6, 6.07) is 22.0. The van der Waals surface area contributed by atoms with Crippen LogP contribution in [0.3, 0.4) is 0 Å². The molecular formula is C47H56N4O12. The summed E-state index contributed by atoms with van der Waals surface area (Å²) in [4.78, 5) is 65.3. The first-order chi connectivity index (χ1) is 30.1. The number of benzene rings is 4. The number of anilines is 1. The third-order valence-electron chi connectivity index (χ3n) is 12.5. The lowest BCUT2D eigenvalue weighted by Gasteiger charge is -2.56. The molecule has 11 N–H and O–H groups in total. The van der Waals surface area contributed by atoms with Crippen LogP contribution in [0.25, 0.3) is 10.8 Å². The molecule has 336 valence electrons. The van der Waals surface area contributed by atoms with E-state index in [-0.39, 0.29) is 52.2 Å². The second-order valence-corrected chi connectivity index (χ2v) is 17.3. The van der Waals surface area contributed by atoms with Gasteiger partial charge in [-0.1, -0.05) is 54.6 Å². The number of carboxylic acids is 2. The zero-order valence-corrected chi connectivity index (χ0v) is 34.9. The standard InChI is InChI=1S/C40H39N3O7.C7H17NO5/c44-35(41-22-40-19-24-10-25(20-40)12-26(11-24)21-40)32-17-27-8-4-5-9-28(27)18-33(32)36(45)43-34(13-23-6-2-1-3-7-23)37(46)42-31-15-29(38(47)48)14-30(16-31)39(49)50;1-8-2-4(10)6(12)7(13)5(11)3-9/h1-9,14-18,24-26,34H,10-13,19-22H2,(H,41,44)(H,42,46)(H,43,45)(H,47,48)(H,49,50);4-13H,2-3H2,1H3/t24?,25?,26?,34-,40?;4-,5+,6+,7+/m00/s1. The van der Waals surface area contributed by atoms with E-state index in [0.717, 1.165) is 71.6 Å². The van der Waals surface area contributed by atoms with E-state index in [2.05, 4.69) is 21.3 Å². The van der Waals surface area contributed by atoms with Crippen LogP contribution in [0.5, 0.6) is 0 Å². The molecule has 3 amide bonds. The van der Waals surface area contributed by atoms with Crippen LogP contribution in [0, 0.1) is 23.2 Å². The van der Waals surface area contributed by atoms with Gasteiger partial charge in [-0.2, -0.15) is 0 Å². The first kappa shape index (κ1) is 46.7. The first-order valence-corrected chi connectivity index (χ1v) is 21.1. The number of aliphatic hydroxyl groups excluding tert-OH is 5. The highest BCUT2D eigenvalue weighted by Gasteiger charge is 2.50. The van der Waals surface area contributed by atoms with Gasteiger partial charge < -0.3 is 57.0 Å². The highest BCUT2D eigenvalue weighted by Crippen LogP contribution is 2.59. The van der Waals surface area contributed by atoms with Gasteiger partial charge in [0, 0.05) is 25.2 Å². The van der Waals surface area contributed by atoms with Gasteiger partial charge in [0.25, 0.3) is 11.8 Å². The number of carbonyl (C=O) groups is 5. The number of hydrogen-bond donors (Lipinski definition) is 11. The van der Waals surface area contributed by atoms with Crippen molar-refractivity contribution < 1.29 is 59.7 Å². The summed E-state index contributed by atoms with van der Waals surface area (Å²) in [7, 11) is 1.57. The molecule has 5 atom stereocenters. The molecule has 4 aliphatic carbocycles. The van der Waals surface area contributed by atoms with Gasteiger partial charge in [-0.15, -0.1) is 0 Å². The van der Waals surface area contributed by atoms with Crippen molar-refractivity contribution in [1.82, 2.24) is 16.0 Å². The Kier molecular flexibility index (Phi) is 15.3. The number of hydrogen-bond acceptors (Lipinski definition) is 11. The fraction of sp³-hybridized carbons (Fsp3) is 0.426. The van der Waals surface area contributed by atoms with Crippen LogP contribution in [-0.4, -0.2) is 123 Å². The van der Waals surface area contributed by atoms with E-state index < -0.39 is 60.8 Å². The van der Waals surface area contributed by atoms with Gasteiger partial charge in [0.2, 0.25) is 5.91 Å². The highest BCUT2D eigenvalue weighted by atomic mass is 16.4. The van der Waals surface area contributed by atoms with Crippen LogP contribution in [0.15, 0.2) is 84.9 Å². The summed E-state index contributed by atoms with van der Waals surface area (Å²) in [5.41, 5.74) is 0.499. The fourth-order valence-electron chi connectivity index (χ4n) is 9.85. The number of carbonyl (C=O) groups excluding carboxylic acids is 3. The summed E-state index contributed by atoms with van der Waals surface area (Å²) < 4.78 is 0. The highest BCUT2D eigenvalue weighted by molar-refractivity contribution is 6.12. The second-order valence-electron chi connectivity index (χ2n) is 17.3. The van der Waals surface area contributed by atoms with E-state index in [1.165, 1.54) is 19.3 Å². The van der Waals surface area contributed by atoms with Crippen molar-refractivity contribution in [3.05, 3.63) is 113 Å². The number of carboxylic acid groups (broad SMARTS) is 2. The molecule has 0 unspecified atom stereocenters. The van der Waals surface area contributed by atoms with Crippen LogP contribution in [0.2, 0.25) is 0 Å². The smallest absolute Gasteiger partial charge is 0.335 e. The van der Waals surface area contributed by atoms with Gasteiger partial charge in [-0.05, 0) is 115 Å². The van der Waals surface area contributed by atoms with E-state index in [4.69, 9.17) is 20.4 Å². The molecule has 4 aliphatic rings. The Balaban J connectivity index is 0.000000442. The Bertz CT molecular complexity index is 2220. The molecule has 0 heterocycles. The Morgan fingerprint density at radius 2 is 1.19 bits per heavy atom. The van der Waals surface area contributed by atoms with E-state index in [0.29, 0.717) is 6.54 Å². The van der Waals surface area contributed by atoms with Gasteiger partial charge >= 0.3 is 11.9 Å². The lowest BCUT2D eigenvalue weighted by Crippen LogP contribution is -2.51. The summed E-state index contributed by atoms with van der Waals surface area (Å²) >= 11 is 0. The van der Waals surface area contributed by atoms with Crippen LogP contribution < -0.4 is 21.3 Å².